The fourth-order valence-corrected chi connectivity index (χ4v) is 5.88. The van der Waals surface area contributed by atoms with E-state index in [1.807, 2.05) is 66.7 Å². The van der Waals surface area contributed by atoms with Crippen LogP contribution in [0.3, 0.4) is 0 Å². The molecule has 5 rings (SSSR count). The van der Waals surface area contributed by atoms with Crippen molar-refractivity contribution in [2.24, 2.45) is 0 Å². The van der Waals surface area contributed by atoms with Gasteiger partial charge in [-0.2, -0.15) is 13.2 Å². The minimum atomic E-state index is -4.43. The third kappa shape index (κ3) is 9.28. The van der Waals surface area contributed by atoms with Gasteiger partial charge in [-0.3, -0.25) is 0 Å². The van der Waals surface area contributed by atoms with E-state index >= 15 is 0 Å². The first kappa shape index (κ1) is 36.1. The number of hydrogen-bond acceptors (Lipinski definition) is 6. The smallest absolute Gasteiger partial charge is 0.416 e. The highest BCUT2D eigenvalue weighted by atomic mass is 19.4. The van der Waals surface area contributed by atoms with Crippen LogP contribution in [-0.2, 0) is 35.2 Å². The van der Waals surface area contributed by atoms with E-state index in [2.05, 4.69) is 0 Å². The van der Waals surface area contributed by atoms with Crippen LogP contribution >= 0.6 is 0 Å². The van der Waals surface area contributed by atoms with Gasteiger partial charge in [0.05, 0.1) is 31.9 Å². The first-order chi connectivity index (χ1) is 24.0. The molecule has 2 amide bonds. The molecule has 0 bridgehead atoms. The topological polar surface area (TPSA) is 77.5 Å². The van der Waals surface area contributed by atoms with Gasteiger partial charge in [0.15, 0.2) is 0 Å². The largest absolute Gasteiger partial charge is 0.497 e. The summed E-state index contributed by atoms with van der Waals surface area (Å²) in [5, 5.41) is 0. The predicted molar refractivity (Wildman–Crippen MR) is 182 cm³/mol. The average Bonchev–Trinajstić information content (AvgIpc) is 3.38. The molecule has 11 heteroatoms. The molecule has 0 radical (unpaired) electrons. The van der Waals surface area contributed by atoms with Gasteiger partial charge in [-0.05, 0) is 79.1 Å². The van der Waals surface area contributed by atoms with E-state index in [4.69, 9.17) is 18.9 Å². The summed E-state index contributed by atoms with van der Waals surface area (Å²) in [7, 11) is 1.59. The predicted octanol–water partition coefficient (Wildman–Crippen LogP) is 7.93. The Hall–Kier alpha value is -5.19. The fourth-order valence-electron chi connectivity index (χ4n) is 5.88. The van der Waals surface area contributed by atoms with Crippen molar-refractivity contribution in [3.63, 3.8) is 0 Å². The zero-order valence-corrected chi connectivity index (χ0v) is 28.3. The van der Waals surface area contributed by atoms with Crippen molar-refractivity contribution in [2.45, 2.75) is 57.6 Å². The molecular weight excluding hydrogens is 649 g/mol. The molecule has 0 saturated carbocycles. The zero-order valence-electron chi connectivity index (χ0n) is 28.3. The molecule has 0 N–H and O–H groups in total. The molecule has 0 aliphatic carbocycles. The second kappa shape index (κ2) is 16.0. The number of hydrogen-bond donors (Lipinski definition) is 0. The van der Waals surface area contributed by atoms with Crippen LogP contribution in [0.1, 0.15) is 42.5 Å². The standard InChI is InChI=1S/C39H41F3N2O6/c1-4-48-36(45)38(2,50-35-8-6-5-7-9-35)24-28-12-20-34(21-13-28)49-23-22-32-27-43(25-29-10-16-31(17-11-29)39(40,41)42)37(46)44(32)26-30-14-18-33(47-3)19-15-30/h5-21,32H,4,22-27H2,1-3H3. The van der Waals surface area contributed by atoms with Crippen LogP contribution in [0.4, 0.5) is 18.0 Å². The lowest BCUT2D eigenvalue weighted by Crippen LogP contribution is -2.45. The number of ether oxygens (including phenoxy) is 4. The Morgan fingerprint density at radius 1 is 0.800 bits per heavy atom. The Bertz CT molecular complexity index is 1700. The normalized spacial score (nSPS) is 15.8. The maximum atomic E-state index is 13.6. The van der Waals surface area contributed by atoms with E-state index in [0.717, 1.165) is 23.3 Å². The molecule has 4 aromatic carbocycles. The van der Waals surface area contributed by atoms with E-state index < -0.39 is 23.3 Å². The van der Waals surface area contributed by atoms with Crippen LogP contribution in [0.15, 0.2) is 103 Å². The van der Waals surface area contributed by atoms with Crippen molar-refractivity contribution in [1.29, 1.82) is 0 Å². The average molecular weight is 691 g/mol. The summed E-state index contributed by atoms with van der Waals surface area (Å²) in [6, 6.07) is 28.5. The summed E-state index contributed by atoms with van der Waals surface area (Å²) in [5.41, 5.74) is 0.416. The molecule has 1 saturated heterocycles. The molecule has 4 aromatic rings. The molecule has 2 unspecified atom stereocenters. The zero-order chi connectivity index (χ0) is 35.7. The van der Waals surface area contributed by atoms with Gasteiger partial charge in [-0.25, -0.2) is 9.59 Å². The Balaban J connectivity index is 1.23. The third-order valence-corrected chi connectivity index (χ3v) is 8.53. The first-order valence-electron chi connectivity index (χ1n) is 16.4. The number of esters is 1. The first-order valence-corrected chi connectivity index (χ1v) is 16.4. The molecule has 1 aliphatic rings. The molecular formula is C39H41F3N2O6. The quantitative estimate of drug-likeness (QED) is 0.118. The number of carbonyl (C=O) groups is 2. The monoisotopic (exact) mass is 690 g/mol. The van der Waals surface area contributed by atoms with Crippen molar-refractivity contribution in [3.05, 3.63) is 125 Å². The van der Waals surface area contributed by atoms with Gasteiger partial charge in [0.1, 0.15) is 17.2 Å². The van der Waals surface area contributed by atoms with Gasteiger partial charge >= 0.3 is 18.2 Å². The van der Waals surface area contributed by atoms with Gasteiger partial charge in [0, 0.05) is 32.5 Å². The number of benzene rings is 4. The van der Waals surface area contributed by atoms with Crippen molar-refractivity contribution < 1.29 is 41.7 Å². The van der Waals surface area contributed by atoms with Crippen LogP contribution in [0.5, 0.6) is 17.2 Å². The highest BCUT2D eigenvalue weighted by molar-refractivity contribution is 5.80. The summed E-state index contributed by atoms with van der Waals surface area (Å²) >= 11 is 0. The minimum absolute atomic E-state index is 0.188. The van der Waals surface area contributed by atoms with Crippen molar-refractivity contribution in [2.75, 3.05) is 26.9 Å². The summed E-state index contributed by atoms with van der Waals surface area (Å²) < 4.78 is 62.1. The number of methoxy groups -OCH3 is 1. The molecule has 8 nitrogen and oxygen atoms in total. The summed E-state index contributed by atoms with van der Waals surface area (Å²) in [6.07, 6.45) is -3.62. The SMILES string of the molecule is CCOC(=O)C(C)(Cc1ccc(OCCC2CN(Cc3ccc(C(F)(F)F)cc3)C(=O)N2Cc2ccc(OC)cc2)cc1)Oc1ccccc1. The summed E-state index contributed by atoms with van der Waals surface area (Å²) in [5.74, 6) is 1.44. The van der Waals surface area contributed by atoms with Crippen molar-refractivity contribution in [1.82, 2.24) is 9.80 Å². The van der Waals surface area contributed by atoms with Crippen LogP contribution in [0.25, 0.3) is 0 Å². The highest BCUT2D eigenvalue weighted by Crippen LogP contribution is 2.31. The maximum Gasteiger partial charge on any atom is 0.416 e. The van der Waals surface area contributed by atoms with E-state index in [1.165, 1.54) is 12.1 Å². The van der Waals surface area contributed by atoms with E-state index in [0.29, 0.717) is 48.9 Å². The van der Waals surface area contributed by atoms with Crippen LogP contribution in [-0.4, -0.2) is 60.3 Å². The number of carbonyl (C=O) groups excluding carboxylic acids is 2. The number of urea groups is 1. The van der Waals surface area contributed by atoms with E-state index in [1.54, 1.807) is 42.9 Å². The van der Waals surface area contributed by atoms with E-state index in [-0.39, 0.29) is 31.6 Å². The van der Waals surface area contributed by atoms with Gasteiger partial charge in [0.2, 0.25) is 5.60 Å². The molecule has 2 atom stereocenters. The lowest BCUT2D eigenvalue weighted by molar-refractivity contribution is -0.160. The minimum Gasteiger partial charge on any atom is -0.497 e. The highest BCUT2D eigenvalue weighted by Gasteiger charge is 2.39. The molecule has 1 heterocycles. The Labute approximate surface area is 290 Å². The number of amides is 2. The van der Waals surface area contributed by atoms with Gasteiger partial charge in [-0.15, -0.1) is 0 Å². The van der Waals surface area contributed by atoms with Gasteiger partial charge in [-0.1, -0.05) is 54.6 Å². The van der Waals surface area contributed by atoms with Gasteiger partial charge < -0.3 is 28.7 Å². The Morgan fingerprint density at radius 3 is 2.02 bits per heavy atom. The molecule has 0 spiro atoms. The van der Waals surface area contributed by atoms with E-state index in [9.17, 15) is 22.8 Å². The second-order valence-corrected chi connectivity index (χ2v) is 12.3. The van der Waals surface area contributed by atoms with Crippen LogP contribution in [0.2, 0.25) is 0 Å². The van der Waals surface area contributed by atoms with Crippen molar-refractivity contribution >= 4 is 12.0 Å². The second-order valence-electron chi connectivity index (χ2n) is 12.3. The van der Waals surface area contributed by atoms with Crippen LogP contribution in [0, 0.1) is 0 Å². The third-order valence-electron chi connectivity index (χ3n) is 8.53. The number of nitrogens with zero attached hydrogens (tertiary/aromatic N) is 2. The number of alkyl halides is 3. The maximum absolute atomic E-state index is 13.6. The molecule has 1 aliphatic heterocycles. The number of para-hydroxylation sites is 1. The molecule has 1 fully saturated rings. The summed E-state index contributed by atoms with van der Waals surface area (Å²) in [4.78, 5) is 30.0. The Kier molecular flexibility index (Phi) is 11.6. The fraction of sp³-hybridized carbons (Fsp3) is 0.333. The molecule has 50 heavy (non-hydrogen) atoms. The van der Waals surface area contributed by atoms with Gasteiger partial charge in [0.25, 0.3) is 0 Å². The molecule has 0 aromatic heterocycles. The lowest BCUT2D eigenvalue weighted by Gasteiger charge is -2.28. The number of rotatable bonds is 15. The lowest BCUT2D eigenvalue weighted by atomic mass is 9.96. The van der Waals surface area contributed by atoms with Crippen molar-refractivity contribution in [3.8, 4) is 17.2 Å². The molecule has 264 valence electrons. The van der Waals surface area contributed by atoms with Crippen LogP contribution < -0.4 is 14.2 Å². The summed E-state index contributed by atoms with van der Waals surface area (Å²) in [6.45, 7) is 4.96. The number of halogens is 3. The Morgan fingerprint density at radius 2 is 1.40 bits per heavy atom.